The van der Waals surface area contributed by atoms with Crippen LogP contribution in [0.15, 0.2) is 40.6 Å². The number of allylic oxidation sites excluding steroid dienone is 5. The first-order valence-electron chi connectivity index (χ1n) is 8.92. The molecule has 0 aliphatic heterocycles. The van der Waals surface area contributed by atoms with Crippen molar-refractivity contribution in [2.45, 2.75) is 52.4 Å². The summed E-state index contributed by atoms with van der Waals surface area (Å²) in [5.41, 5.74) is 6.10. The number of carbonyl (C=O) groups is 1. The van der Waals surface area contributed by atoms with Gasteiger partial charge < -0.3 is 0 Å². The highest BCUT2D eigenvalue weighted by atomic mass is 35.5. The first-order chi connectivity index (χ1) is 10.9. The third kappa shape index (κ3) is 1.96. The van der Waals surface area contributed by atoms with Crippen molar-refractivity contribution in [2.24, 2.45) is 28.6 Å². The summed E-state index contributed by atoms with van der Waals surface area (Å²) < 4.78 is 0. The van der Waals surface area contributed by atoms with Crippen molar-refractivity contribution in [1.29, 1.82) is 0 Å². The van der Waals surface area contributed by atoms with Crippen molar-refractivity contribution >= 4 is 17.4 Å². The molecule has 122 valence electrons. The maximum absolute atomic E-state index is 11.9. The van der Waals surface area contributed by atoms with E-state index in [1.165, 1.54) is 24.8 Å². The lowest BCUT2D eigenvalue weighted by atomic mass is 9.49. The molecule has 2 saturated carbocycles. The smallest absolute Gasteiger partial charge is 0.156 e. The molecule has 1 nitrogen and oxygen atoms in total. The molecule has 0 N–H and O–H groups in total. The third-order valence-corrected chi connectivity index (χ3v) is 7.89. The molecule has 2 fully saturated rings. The molecule has 4 aliphatic rings. The number of hydrogen-bond acceptors (Lipinski definition) is 1. The SMILES string of the molecule is C=C=C1CCC2C3C=C(Cl)C4=CC(=O)CC[C@]4(C)C3CC[C@]12C. The number of halogens is 1. The van der Waals surface area contributed by atoms with E-state index in [9.17, 15) is 4.79 Å². The van der Waals surface area contributed by atoms with Crippen LogP contribution >= 0.6 is 11.6 Å². The lowest BCUT2D eigenvalue weighted by Crippen LogP contribution is -2.48. The van der Waals surface area contributed by atoms with Crippen LogP contribution in [-0.2, 0) is 4.79 Å². The largest absolute Gasteiger partial charge is 0.295 e. The molecule has 0 aromatic heterocycles. The summed E-state index contributed by atoms with van der Waals surface area (Å²) >= 11 is 6.68. The standard InChI is InChI=1S/C21H25ClO/c1-4-13-5-6-16-15-12-19(22)18-11-14(23)7-9-21(18,3)17(15)8-10-20(13,16)2/h11-12,15-17H,1,5-10H2,2-3H3/t15?,16?,17?,20-,21-/m1/s1. The van der Waals surface area contributed by atoms with Crippen molar-refractivity contribution in [3.63, 3.8) is 0 Å². The van der Waals surface area contributed by atoms with E-state index in [1.54, 1.807) is 0 Å². The van der Waals surface area contributed by atoms with Crippen LogP contribution in [0.3, 0.4) is 0 Å². The number of ketones is 1. The van der Waals surface area contributed by atoms with Gasteiger partial charge in [0.05, 0.1) is 0 Å². The predicted molar refractivity (Wildman–Crippen MR) is 94.1 cm³/mol. The van der Waals surface area contributed by atoms with E-state index < -0.39 is 0 Å². The van der Waals surface area contributed by atoms with Crippen LogP contribution in [-0.4, -0.2) is 5.78 Å². The van der Waals surface area contributed by atoms with E-state index in [1.807, 2.05) is 6.08 Å². The summed E-state index contributed by atoms with van der Waals surface area (Å²) in [6.45, 7) is 8.69. The quantitative estimate of drug-likeness (QED) is 0.531. The first kappa shape index (κ1) is 15.5. The number of carbonyl (C=O) groups excluding carboxylic acids is 1. The number of hydrogen-bond donors (Lipinski definition) is 0. The van der Waals surface area contributed by atoms with Gasteiger partial charge in [-0.2, -0.15) is 0 Å². The zero-order chi connectivity index (χ0) is 16.4. The topological polar surface area (TPSA) is 17.1 Å². The van der Waals surface area contributed by atoms with Crippen LogP contribution in [0, 0.1) is 28.6 Å². The molecule has 0 spiro atoms. The van der Waals surface area contributed by atoms with E-state index >= 15 is 0 Å². The van der Waals surface area contributed by atoms with Crippen molar-refractivity contribution < 1.29 is 4.79 Å². The molecule has 0 amide bonds. The van der Waals surface area contributed by atoms with Gasteiger partial charge in [0.25, 0.3) is 0 Å². The second kappa shape index (κ2) is 4.98. The van der Waals surface area contributed by atoms with Gasteiger partial charge in [-0.3, -0.25) is 4.79 Å². The van der Waals surface area contributed by atoms with E-state index in [2.05, 4.69) is 32.2 Å². The van der Waals surface area contributed by atoms with Crippen molar-refractivity contribution in [1.82, 2.24) is 0 Å². The normalized spacial score (nSPS) is 45.4. The number of rotatable bonds is 0. The van der Waals surface area contributed by atoms with Crippen LogP contribution in [0.4, 0.5) is 0 Å². The fourth-order valence-electron chi connectivity index (χ4n) is 6.18. The molecular formula is C21H25ClO. The molecule has 0 aromatic rings. The summed E-state index contributed by atoms with van der Waals surface area (Å²) in [5, 5.41) is 0.835. The highest BCUT2D eigenvalue weighted by Crippen LogP contribution is 2.66. The molecule has 0 bridgehead atoms. The summed E-state index contributed by atoms with van der Waals surface area (Å²) in [7, 11) is 0. The van der Waals surface area contributed by atoms with Gasteiger partial charge in [-0.15, -0.1) is 5.73 Å². The predicted octanol–water partition coefficient (Wildman–Crippen LogP) is 5.57. The minimum absolute atomic E-state index is 0.0758. The second-order valence-electron chi connectivity index (χ2n) is 8.40. The maximum atomic E-state index is 11.9. The van der Waals surface area contributed by atoms with Gasteiger partial charge in [0.1, 0.15) is 0 Å². The Kier molecular flexibility index (Phi) is 3.35. The molecule has 0 radical (unpaired) electrons. The van der Waals surface area contributed by atoms with Crippen molar-refractivity contribution in [3.05, 3.63) is 40.6 Å². The lowest BCUT2D eigenvalue weighted by Gasteiger charge is -2.55. The molecule has 0 heterocycles. The van der Waals surface area contributed by atoms with E-state index in [0.29, 0.717) is 24.2 Å². The van der Waals surface area contributed by atoms with Crippen molar-refractivity contribution in [2.75, 3.05) is 0 Å². The van der Waals surface area contributed by atoms with Gasteiger partial charge in [0, 0.05) is 11.5 Å². The van der Waals surface area contributed by atoms with Crippen LogP contribution < -0.4 is 0 Å². The highest BCUT2D eigenvalue weighted by Gasteiger charge is 2.57. The molecule has 3 unspecified atom stereocenters. The van der Waals surface area contributed by atoms with E-state index in [4.69, 9.17) is 11.6 Å². The van der Waals surface area contributed by atoms with Gasteiger partial charge in [0.2, 0.25) is 0 Å². The fraction of sp³-hybridized carbons (Fsp3) is 0.619. The molecule has 0 aromatic carbocycles. The third-order valence-electron chi connectivity index (χ3n) is 7.56. The molecule has 4 aliphatic carbocycles. The van der Waals surface area contributed by atoms with E-state index in [-0.39, 0.29) is 16.6 Å². The lowest BCUT2D eigenvalue weighted by molar-refractivity contribution is -0.116. The molecular weight excluding hydrogens is 304 g/mol. The summed E-state index contributed by atoms with van der Waals surface area (Å²) in [5.74, 6) is 2.03. The molecule has 2 heteroatoms. The Morgan fingerprint density at radius 3 is 2.65 bits per heavy atom. The zero-order valence-corrected chi connectivity index (χ0v) is 14.9. The molecule has 23 heavy (non-hydrogen) atoms. The van der Waals surface area contributed by atoms with Gasteiger partial charge in [0.15, 0.2) is 5.78 Å². The van der Waals surface area contributed by atoms with Crippen LogP contribution in [0.2, 0.25) is 0 Å². The molecule has 5 atom stereocenters. The number of fused-ring (bicyclic) bond motifs is 5. The minimum atomic E-state index is 0.0758. The average Bonchev–Trinajstić information content (AvgIpc) is 2.86. The van der Waals surface area contributed by atoms with Gasteiger partial charge >= 0.3 is 0 Å². The van der Waals surface area contributed by atoms with Crippen LogP contribution in [0.25, 0.3) is 0 Å². The Bertz CT molecular complexity index is 693. The van der Waals surface area contributed by atoms with Crippen molar-refractivity contribution in [3.8, 4) is 0 Å². The monoisotopic (exact) mass is 328 g/mol. The van der Waals surface area contributed by atoms with Gasteiger partial charge in [-0.1, -0.05) is 38.1 Å². The first-order valence-corrected chi connectivity index (χ1v) is 9.30. The van der Waals surface area contributed by atoms with Crippen LogP contribution in [0.5, 0.6) is 0 Å². The Balaban J connectivity index is 1.82. The van der Waals surface area contributed by atoms with Gasteiger partial charge in [-0.25, -0.2) is 0 Å². The van der Waals surface area contributed by atoms with E-state index in [0.717, 1.165) is 23.4 Å². The second-order valence-corrected chi connectivity index (χ2v) is 8.80. The Labute approximate surface area is 144 Å². The maximum Gasteiger partial charge on any atom is 0.156 e. The summed E-state index contributed by atoms with van der Waals surface area (Å²) in [6, 6.07) is 0. The average molecular weight is 329 g/mol. The highest BCUT2D eigenvalue weighted by molar-refractivity contribution is 6.32. The molecule has 4 rings (SSSR count). The van der Waals surface area contributed by atoms with Gasteiger partial charge in [-0.05, 0) is 77.9 Å². The van der Waals surface area contributed by atoms with Crippen LogP contribution in [0.1, 0.15) is 52.4 Å². The Morgan fingerprint density at radius 2 is 1.91 bits per heavy atom. The Morgan fingerprint density at radius 1 is 1.17 bits per heavy atom. The Hall–Kier alpha value is -1.04. The zero-order valence-electron chi connectivity index (χ0n) is 14.1. The summed E-state index contributed by atoms with van der Waals surface area (Å²) in [6.07, 6.45) is 10.5. The molecule has 0 saturated heterocycles. The minimum Gasteiger partial charge on any atom is -0.295 e. The fourth-order valence-corrected chi connectivity index (χ4v) is 6.59. The summed E-state index contributed by atoms with van der Waals surface area (Å²) in [4.78, 5) is 11.9.